The molecule has 1 heterocycles. The second-order valence-corrected chi connectivity index (χ2v) is 4.93. The molecule has 0 bridgehead atoms. The quantitative estimate of drug-likeness (QED) is 0.834. The maximum absolute atomic E-state index is 6.07. The number of anilines is 1. The van der Waals surface area contributed by atoms with Crippen LogP contribution in [0, 0.1) is 6.92 Å². The number of benzene rings is 1. The third kappa shape index (κ3) is 3.09. The highest BCUT2D eigenvalue weighted by atomic mass is 35.5. The van der Waals surface area contributed by atoms with E-state index in [0.717, 1.165) is 55.6 Å². The van der Waals surface area contributed by atoms with E-state index < -0.39 is 0 Å². The first kappa shape index (κ1) is 13.5. The van der Waals surface area contributed by atoms with Gasteiger partial charge in [-0.1, -0.05) is 18.5 Å². The van der Waals surface area contributed by atoms with Gasteiger partial charge < -0.3 is 9.64 Å². The van der Waals surface area contributed by atoms with Gasteiger partial charge in [0.1, 0.15) is 5.75 Å². The molecule has 0 unspecified atom stereocenters. The van der Waals surface area contributed by atoms with E-state index in [1.807, 2.05) is 18.2 Å². The molecule has 0 N–H and O–H groups in total. The Kier molecular flexibility index (Phi) is 4.72. The second-order valence-electron chi connectivity index (χ2n) is 4.50. The highest BCUT2D eigenvalue weighted by molar-refractivity contribution is 6.30. The van der Waals surface area contributed by atoms with Gasteiger partial charge in [0.15, 0.2) is 0 Å². The van der Waals surface area contributed by atoms with E-state index in [-0.39, 0.29) is 0 Å². The van der Waals surface area contributed by atoms with Crippen molar-refractivity contribution < 1.29 is 4.74 Å². The summed E-state index contributed by atoms with van der Waals surface area (Å²) in [5.74, 6) is 0.894. The van der Waals surface area contributed by atoms with Gasteiger partial charge in [-0.2, -0.15) is 0 Å². The molecule has 1 aromatic rings. The average molecular weight is 268 g/mol. The van der Waals surface area contributed by atoms with Crippen LogP contribution in [-0.2, 0) is 0 Å². The van der Waals surface area contributed by atoms with E-state index in [4.69, 9.17) is 16.3 Å². The number of piperazine rings is 1. The summed E-state index contributed by atoms with van der Waals surface area (Å²) in [5, 5.41) is 0.756. The number of methoxy groups -OCH3 is 1. The Morgan fingerprint density at radius 1 is 1.28 bits per heavy atom. The number of ether oxygens (including phenoxy) is 1. The summed E-state index contributed by atoms with van der Waals surface area (Å²) in [6, 6.07) is 5.78. The Bertz CT molecular complexity index is 389. The van der Waals surface area contributed by atoms with E-state index in [2.05, 4.69) is 16.7 Å². The van der Waals surface area contributed by atoms with Crippen molar-refractivity contribution in [1.29, 1.82) is 0 Å². The summed E-state index contributed by atoms with van der Waals surface area (Å²) in [6.45, 7) is 9.16. The fourth-order valence-corrected chi connectivity index (χ4v) is 2.51. The number of nitrogens with zero attached hydrogens (tertiary/aromatic N) is 2. The summed E-state index contributed by atoms with van der Waals surface area (Å²) in [4.78, 5) is 4.78. The van der Waals surface area contributed by atoms with Crippen LogP contribution in [-0.4, -0.2) is 44.7 Å². The van der Waals surface area contributed by atoms with Crippen LogP contribution in [0.4, 0.5) is 5.69 Å². The number of rotatable bonds is 4. The van der Waals surface area contributed by atoms with Crippen molar-refractivity contribution in [3.63, 3.8) is 0 Å². The van der Waals surface area contributed by atoms with Crippen LogP contribution >= 0.6 is 11.6 Å². The van der Waals surface area contributed by atoms with Crippen molar-refractivity contribution in [3.8, 4) is 5.75 Å². The normalized spacial score (nSPS) is 16.9. The molecule has 1 aliphatic heterocycles. The van der Waals surface area contributed by atoms with Gasteiger partial charge >= 0.3 is 0 Å². The molecule has 0 atom stereocenters. The molecule has 18 heavy (non-hydrogen) atoms. The SMILES string of the molecule is [CH2]CCN1CCN(c2cc(Cl)ccc2OC)CC1. The molecule has 1 radical (unpaired) electrons. The Balaban J connectivity index is 2.06. The third-order valence-electron chi connectivity index (χ3n) is 3.33. The van der Waals surface area contributed by atoms with E-state index in [0.29, 0.717) is 0 Å². The zero-order chi connectivity index (χ0) is 13.0. The minimum atomic E-state index is 0.756. The van der Waals surface area contributed by atoms with Gasteiger partial charge in [0.2, 0.25) is 0 Å². The smallest absolute Gasteiger partial charge is 0.142 e. The van der Waals surface area contributed by atoms with Gasteiger partial charge in [0.05, 0.1) is 12.8 Å². The lowest BCUT2D eigenvalue weighted by atomic mass is 10.2. The number of halogens is 1. The van der Waals surface area contributed by atoms with Crippen molar-refractivity contribution in [3.05, 3.63) is 30.1 Å². The monoisotopic (exact) mass is 267 g/mol. The molecule has 4 heteroatoms. The van der Waals surface area contributed by atoms with Crippen molar-refractivity contribution >= 4 is 17.3 Å². The average Bonchev–Trinajstić information content (AvgIpc) is 2.40. The first-order valence-electron chi connectivity index (χ1n) is 6.34. The minimum absolute atomic E-state index is 0.756. The van der Waals surface area contributed by atoms with E-state index in [1.165, 1.54) is 0 Å². The molecule has 1 aromatic carbocycles. The number of hydrogen-bond donors (Lipinski definition) is 0. The Labute approximate surface area is 114 Å². The Morgan fingerprint density at radius 2 is 2.00 bits per heavy atom. The maximum Gasteiger partial charge on any atom is 0.142 e. The second kappa shape index (κ2) is 6.30. The highest BCUT2D eigenvalue weighted by Gasteiger charge is 2.19. The zero-order valence-electron chi connectivity index (χ0n) is 10.9. The van der Waals surface area contributed by atoms with E-state index in [1.54, 1.807) is 7.11 Å². The summed E-state index contributed by atoms with van der Waals surface area (Å²) in [7, 11) is 1.70. The zero-order valence-corrected chi connectivity index (χ0v) is 11.6. The van der Waals surface area contributed by atoms with Crippen molar-refractivity contribution in [1.82, 2.24) is 4.90 Å². The van der Waals surface area contributed by atoms with Crippen LogP contribution in [0.3, 0.4) is 0 Å². The minimum Gasteiger partial charge on any atom is -0.495 e. The summed E-state index contributed by atoms with van der Waals surface area (Å²) in [5.41, 5.74) is 1.10. The fourth-order valence-electron chi connectivity index (χ4n) is 2.35. The van der Waals surface area contributed by atoms with E-state index >= 15 is 0 Å². The third-order valence-corrected chi connectivity index (χ3v) is 3.56. The Hall–Kier alpha value is -0.930. The standard InChI is InChI=1S/C14H20ClN2O/c1-3-6-16-7-9-17(10-8-16)13-11-12(15)4-5-14(13)18-2/h4-5,11H,1,3,6-10H2,2H3. The van der Waals surface area contributed by atoms with Crippen LogP contribution < -0.4 is 9.64 Å². The van der Waals surface area contributed by atoms with Crippen molar-refractivity contribution in [2.75, 3.05) is 44.7 Å². The first-order valence-corrected chi connectivity index (χ1v) is 6.72. The molecule has 2 rings (SSSR count). The molecule has 0 spiro atoms. The molecule has 3 nitrogen and oxygen atoms in total. The molecule has 1 fully saturated rings. The summed E-state index contributed by atoms with van der Waals surface area (Å²) >= 11 is 6.07. The largest absolute Gasteiger partial charge is 0.495 e. The molecule has 0 saturated carbocycles. The lowest BCUT2D eigenvalue weighted by Crippen LogP contribution is -2.46. The van der Waals surface area contributed by atoms with E-state index in [9.17, 15) is 0 Å². The highest BCUT2D eigenvalue weighted by Crippen LogP contribution is 2.31. The lowest BCUT2D eigenvalue weighted by Gasteiger charge is -2.36. The van der Waals surface area contributed by atoms with Gasteiger partial charge in [0.25, 0.3) is 0 Å². The van der Waals surface area contributed by atoms with Gasteiger partial charge in [0, 0.05) is 31.2 Å². The van der Waals surface area contributed by atoms with Gasteiger partial charge in [-0.3, -0.25) is 4.90 Å². The van der Waals surface area contributed by atoms with Crippen LogP contribution in [0.15, 0.2) is 18.2 Å². The molecule has 0 amide bonds. The molecule has 1 aliphatic rings. The molecule has 0 aliphatic carbocycles. The van der Waals surface area contributed by atoms with Crippen LogP contribution in [0.2, 0.25) is 5.02 Å². The van der Waals surface area contributed by atoms with Crippen molar-refractivity contribution in [2.45, 2.75) is 6.42 Å². The molecule has 0 aromatic heterocycles. The maximum atomic E-state index is 6.07. The topological polar surface area (TPSA) is 15.7 Å². The molecular formula is C14H20ClN2O. The van der Waals surface area contributed by atoms with Crippen LogP contribution in [0.25, 0.3) is 0 Å². The first-order chi connectivity index (χ1) is 8.74. The predicted octanol–water partition coefficient (Wildman–Crippen LogP) is 2.69. The van der Waals surface area contributed by atoms with Crippen molar-refractivity contribution in [2.24, 2.45) is 0 Å². The summed E-state index contributed by atoms with van der Waals surface area (Å²) in [6.07, 6.45) is 0.973. The van der Waals surface area contributed by atoms with Gasteiger partial charge in [-0.15, -0.1) is 0 Å². The Morgan fingerprint density at radius 3 is 2.61 bits per heavy atom. The van der Waals surface area contributed by atoms with Crippen LogP contribution in [0.5, 0.6) is 5.75 Å². The van der Waals surface area contributed by atoms with Gasteiger partial charge in [-0.05, 0) is 31.2 Å². The molecule has 1 saturated heterocycles. The predicted molar refractivity (Wildman–Crippen MR) is 76.6 cm³/mol. The summed E-state index contributed by atoms with van der Waals surface area (Å²) < 4.78 is 5.40. The number of hydrogen-bond acceptors (Lipinski definition) is 3. The molecular weight excluding hydrogens is 248 g/mol. The molecule has 99 valence electrons. The fraction of sp³-hybridized carbons (Fsp3) is 0.500. The lowest BCUT2D eigenvalue weighted by molar-refractivity contribution is 0.261. The van der Waals surface area contributed by atoms with Crippen LogP contribution in [0.1, 0.15) is 6.42 Å². The van der Waals surface area contributed by atoms with Gasteiger partial charge in [-0.25, -0.2) is 0 Å².